The fourth-order valence-electron chi connectivity index (χ4n) is 2.47. The molecule has 2 aromatic rings. The second-order valence-electron chi connectivity index (χ2n) is 5.76. The van der Waals surface area contributed by atoms with Gasteiger partial charge in [0.25, 0.3) is 0 Å². The molecule has 0 saturated heterocycles. The molecule has 5 heteroatoms. The van der Waals surface area contributed by atoms with E-state index in [4.69, 9.17) is 14.2 Å². The first kappa shape index (κ1) is 18.6. The first-order chi connectivity index (χ1) is 12.0. The average Bonchev–Trinajstić information content (AvgIpc) is 2.62. The van der Waals surface area contributed by atoms with E-state index in [-0.39, 0.29) is 12.3 Å². The Balaban J connectivity index is 1.80. The van der Waals surface area contributed by atoms with Gasteiger partial charge in [0.1, 0.15) is 12.4 Å². The number of rotatable bonds is 8. The van der Waals surface area contributed by atoms with Crippen molar-refractivity contribution < 1.29 is 19.0 Å². The lowest BCUT2D eigenvalue weighted by Crippen LogP contribution is -2.29. The van der Waals surface area contributed by atoms with Gasteiger partial charge in [0, 0.05) is 0 Å². The van der Waals surface area contributed by atoms with Gasteiger partial charge in [-0.2, -0.15) is 0 Å². The van der Waals surface area contributed by atoms with Crippen LogP contribution < -0.4 is 19.5 Å². The van der Waals surface area contributed by atoms with Crippen LogP contribution in [0.25, 0.3) is 0 Å². The monoisotopic (exact) mass is 343 g/mol. The van der Waals surface area contributed by atoms with E-state index >= 15 is 0 Å². The second-order valence-corrected chi connectivity index (χ2v) is 5.76. The van der Waals surface area contributed by atoms with Crippen LogP contribution in [0, 0.1) is 13.8 Å². The van der Waals surface area contributed by atoms with Crippen LogP contribution in [0.15, 0.2) is 36.4 Å². The van der Waals surface area contributed by atoms with Gasteiger partial charge < -0.3 is 19.5 Å². The van der Waals surface area contributed by atoms with Crippen molar-refractivity contribution >= 4 is 5.91 Å². The number of methoxy groups -OCH3 is 2. The molecule has 0 atom stereocenters. The predicted molar refractivity (Wildman–Crippen MR) is 97.7 cm³/mol. The van der Waals surface area contributed by atoms with Crippen LogP contribution in [0.5, 0.6) is 17.2 Å². The van der Waals surface area contributed by atoms with E-state index in [0.717, 1.165) is 16.9 Å². The number of carbonyl (C=O) groups is 1. The molecule has 0 spiro atoms. The molecular weight excluding hydrogens is 318 g/mol. The number of benzene rings is 2. The maximum absolute atomic E-state index is 12.1. The zero-order chi connectivity index (χ0) is 18.2. The largest absolute Gasteiger partial charge is 0.493 e. The summed E-state index contributed by atoms with van der Waals surface area (Å²) < 4.78 is 16.2. The highest BCUT2D eigenvalue weighted by molar-refractivity contribution is 5.78. The van der Waals surface area contributed by atoms with Crippen LogP contribution >= 0.6 is 0 Å². The van der Waals surface area contributed by atoms with Crippen molar-refractivity contribution in [1.29, 1.82) is 0 Å². The number of hydrogen-bond donors (Lipinski definition) is 1. The molecule has 0 aromatic heterocycles. The number of aryl methyl sites for hydroxylation is 1. The van der Waals surface area contributed by atoms with Crippen molar-refractivity contribution in [3.8, 4) is 17.2 Å². The van der Waals surface area contributed by atoms with Gasteiger partial charge in [-0.25, -0.2) is 0 Å². The highest BCUT2D eigenvalue weighted by atomic mass is 16.5. The number of nitrogens with one attached hydrogen (secondary N) is 1. The number of amides is 1. The Labute approximate surface area is 148 Å². The van der Waals surface area contributed by atoms with E-state index in [0.29, 0.717) is 24.7 Å². The van der Waals surface area contributed by atoms with Crippen molar-refractivity contribution in [3.05, 3.63) is 53.1 Å². The quantitative estimate of drug-likeness (QED) is 0.749. The normalized spacial score (nSPS) is 10.2. The molecule has 0 aliphatic heterocycles. The smallest absolute Gasteiger partial charge is 0.224 e. The summed E-state index contributed by atoms with van der Waals surface area (Å²) in [5, 5.41) is 2.87. The SMILES string of the molecule is COc1ccc(CC(=O)NCCOc2cccc(C)c2C)cc1OC. The lowest BCUT2D eigenvalue weighted by atomic mass is 10.1. The second kappa shape index (κ2) is 8.97. The fourth-order valence-corrected chi connectivity index (χ4v) is 2.47. The van der Waals surface area contributed by atoms with E-state index in [1.165, 1.54) is 5.56 Å². The molecule has 25 heavy (non-hydrogen) atoms. The predicted octanol–water partition coefficient (Wildman–Crippen LogP) is 3.06. The van der Waals surface area contributed by atoms with E-state index in [1.54, 1.807) is 20.3 Å². The minimum atomic E-state index is -0.0585. The number of hydrogen-bond acceptors (Lipinski definition) is 4. The van der Waals surface area contributed by atoms with Crippen LogP contribution in [-0.4, -0.2) is 33.3 Å². The molecule has 2 aromatic carbocycles. The summed E-state index contributed by atoms with van der Waals surface area (Å²) in [5.41, 5.74) is 3.18. The Morgan fingerprint density at radius 3 is 2.48 bits per heavy atom. The number of ether oxygens (including phenoxy) is 3. The Kier molecular flexibility index (Phi) is 6.69. The molecule has 1 N–H and O–H groups in total. The molecule has 0 heterocycles. The lowest BCUT2D eigenvalue weighted by Gasteiger charge is -2.12. The topological polar surface area (TPSA) is 56.8 Å². The van der Waals surface area contributed by atoms with Gasteiger partial charge in [-0.1, -0.05) is 18.2 Å². The molecule has 0 unspecified atom stereocenters. The van der Waals surface area contributed by atoms with E-state index < -0.39 is 0 Å². The van der Waals surface area contributed by atoms with Gasteiger partial charge in [-0.3, -0.25) is 4.79 Å². The van der Waals surface area contributed by atoms with Crippen molar-refractivity contribution in [2.45, 2.75) is 20.3 Å². The highest BCUT2D eigenvalue weighted by Gasteiger charge is 2.08. The van der Waals surface area contributed by atoms with Gasteiger partial charge in [0.05, 0.1) is 27.2 Å². The molecule has 5 nitrogen and oxygen atoms in total. The third-order valence-electron chi connectivity index (χ3n) is 4.05. The molecule has 0 fully saturated rings. The van der Waals surface area contributed by atoms with Crippen molar-refractivity contribution in [2.24, 2.45) is 0 Å². The Morgan fingerprint density at radius 2 is 1.76 bits per heavy atom. The van der Waals surface area contributed by atoms with Gasteiger partial charge in [0.2, 0.25) is 5.91 Å². The molecule has 0 aliphatic carbocycles. The minimum absolute atomic E-state index is 0.0585. The Bertz CT molecular complexity index is 728. The summed E-state index contributed by atoms with van der Waals surface area (Å²) in [4.78, 5) is 12.1. The average molecular weight is 343 g/mol. The van der Waals surface area contributed by atoms with Crippen molar-refractivity contribution in [3.63, 3.8) is 0 Å². The summed E-state index contributed by atoms with van der Waals surface area (Å²) in [6, 6.07) is 11.4. The Hall–Kier alpha value is -2.69. The summed E-state index contributed by atoms with van der Waals surface area (Å²) in [5.74, 6) is 2.06. The van der Waals surface area contributed by atoms with Crippen LogP contribution in [0.2, 0.25) is 0 Å². The van der Waals surface area contributed by atoms with E-state index in [9.17, 15) is 4.79 Å². The Morgan fingerprint density at radius 1 is 1.00 bits per heavy atom. The summed E-state index contributed by atoms with van der Waals surface area (Å²) >= 11 is 0. The van der Waals surface area contributed by atoms with Gasteiger partial charge in [-0.05, 0) is 48.7 Å². The van der Waals surface area contributed by atoms with Crippen LogP contribution in [0.4, 0.5) is 0 Å². The van der Waals surface area contributed by atoms with Gasteiger partial charge >= 0.3 is 0 Å². The maximum atomic E-state index is 12.1. The molecule has 2 rings (SSSR count). The molecule has 1 amide bonds. The van der Waals surface area contributed by atoms with Gasteiger partial charge in [0.15, 0.2) is 11.5 Å². The first-order valence-corrected chi connectivity index (χ1v) is 8.21. The number of carbonyl (C=O) groups excluding carboxylic acids is 1. The van der Waals surface area contributed by atoms with Crippen molar-refractivity contribution in [1.82, 2.24) is 5.32 Å². The molecule has 0 saturated carbocycles. The summed E-state index contributed by atoms with van der Waals surface area (Å²) in [7, 11) is 3.16. The molecule has 0 aliphatic rings. The maximum Gasteiger partial charge on any atom is 0.224 e. The van der Waals surface area contributed by atoms with Crippen LogP contribution in [0.1, 0.15) is 16.7 Å². The standard InChI is InChI=1S/C20H25NO4/c1-14-6-5-7-17(15(14)2)25-11-10-21-20(22)13-16-8-9-18(23-3)19(12-16)24-4/h5-9,12H,10-11,13H2,1-4H3,(H,21,22). The minimum Gasteiger partial charge on any atom is -0.493 e. The first-order valence-electron chi connectivity index (χ1n) is 8.21. The molecular formula is C20H25NO4. The van der Waals surface area contributed by atoms with Crippen molar-refractivity contribution in [2.75, 3.05) is 27.4 Å². The molecule has 0 bridgehead atoms. The summed E-state index contributed by atoms with van der Waals surface area (Å²) in [6.07, 6.45) is 0.282. The lowest BCUT2D eigenvalue weighted by molar-refractivity contribution is -0.120. The third kappa shape index (κ3) is 5.14. The molecule has 134 valence electrons. The highest BCUT2D eigenvalue weighted by Crippen LogP contribution is 2.27. The van der Waals surface area contributed by atoms with Crippen LogP contribution in [-0.2, 0) is 11.2 Å². The van der Waals surface area contributed by atoms with Gasteiger partial charge in [-0.15, -0.1) is 0 Å². The zero-order valence-corrected chi connectivity index (χ0v) is 15.2. The fraction of sp³-hybridized carbons (Fsp3) is 0.350. The third-order valence-corrected chi connectivity index (χ3v) is 4.05. The van der Waals surface area contributed by atoms with E-state index in [1.807, 2.05) is 44.2 Å². The zero-order valence-electron chi connectivity index (χ0n) is 15.2. The van der Waals surface area contributed by atoms with E-state index in [2.05, 4.69) is 5.32 Å². The molecule has 0 radical (unpaired) electrons. The summed E-state index contributed by atoms with van der Waals surface area (Å²) in [6.45, 7) is 4.97. The van der Waals surface area contributed by atoms with Crippen LogP contribution in [0.3, 0.4) is 0 Å².